The minimum atomic E-state index is 0.970. The summed E-state index contributed by atoms with van der Waals surface area (Å²) in [6, 6.07) is 0. The van der Waals surface area contributed by atoms with E-state index in [4.69, 9.17) is 4.74 Å². The van der Waals surface area contributed by atoms with E-state index in [2.05, 4.69) is 11.6 Å². The van der Waals surface area contributed by atoms with Gasteiger partial charge in [0.15, 0.2) is 0 Å². The van der Waals surface area contributed by atoms with Crippen LogP contribution in [0.25, 0.3) is 0 Å². The molecule has 9 heavy (non-hydrogen) atoms. The van der Waals surface area contributed by atoms with Crippen LogP contribution in [0.1, 0.15) is 6.92 Å². The summed E-state index contributed by atoms with van der Waals surface area (Å²) in [7, 11) is 1.60. The van der Waals surface area contributed by atoms with Gasteiger partial charge in [0, 0.05) is 18.0 Å². The fraction of sp³-hybridized carbons (Fsp3) is 0.286. The molecule has 0 amide bonds. The van der Waals surface area contributed by atoms with Crippen LogP contribution in [0.15, 0.2) is 29.6 Å². The quantitative estimate of drug-likeness (QED) is 0.416. The Bertz CT molecular complexity index is 136. The van der Waals surface area contributed by atoms with Gasteiger partial charge in [-0.2, -0.15) is 0 Å². The molecule has 0 aromatic rings. The lowest BCUT2D eigenvalue weighted by atomic mass is 10.4. The van der Waals surface area contributed by atoms with Crippen LogP contribution in [0.5, 0.6) is 0 Å². The van der Waals surface area contributed by atoms with Crippen molar-refractivity contribution in [2.75, 3.05) is 7.11 Å². The van der Waals surface area contributed by atoms with Crippen LogP contribution < -0.4 is 0 Å². The maximum absolute atomic E-state index is 4.71. The van der Waals surface area contributed by atoms with Crippen molar-refractivity contribution in [2.24, 2.45) is 4.99 Å². The zero-order chi connectivity index (χ0) is 7.11. The van der Waals surface area contributed by atoms with Gasteiger partial charge in [-0.3, -0.25) is 4.99 Å². The van der Waals surface area contributed by atoms with Crippen molar-refractivity contribution in [1.82, 2.24) is 0 Å². The van der Waals surface area contributed by atoms with Crippen LogP contribution in [-0.2, 0) is 4.74 Å². The molecular formula is C7H11NO. The molecule has 0 saturated carbocycles. The van der Waals surface area contributed by atoms with Crippen LogP contribution in [-0.4, -0.2) is 13.3 Å². The predicted octanol–water partition coefficient (Wildman–Crippen LogP) is 1.75. The number of rotatable bonds is 3. The summed E-state index contributed by atoms with van der Waals surface area (Å²) in [5.74, 6) is 0. The minimum Gasteiger partial charge on any atom is -0.504 e. The third-order valence-electron chi connectivity index (χ3n) is 0.687. The van der Waals surface area contributed by atoms with Gasteiger partial charge in [0.25, 0.3) is 0 Å². The van der Waals surface area contributed by atoms with E-state index in [0.717, 1.165) is 5.57 Å². The molecule has 0 aliphatic rings. The van der Waals surface area contributed by atoms with Gasteiger partial charge in [-0.15, -0.1) is 0 Å². The zero-order valence-corrected chi connectivity index (χ0v) is 5.79. The number of hydrogen-bond acceptors (Lipinski definition) is 2. The smallest absolute Gasteiger partial charge is 0.0869 e. The van der Waals surface area contributed by atoms with Gasteiger partial charge in [0.05, 0.1) is 13.4 Å². The first kappa shape index (κ1) is 7.95. The van der Waals surface area contributed by atoms with Gasteiger partial charge >= 0.3 is 0 Å². The second kappa shape index (κ2) is 5.09. The Balaban J connectivity index is 3.74. The summed E-state index contributed by atoms with van der Waals surface area (Å²) in [5, 5.41) is 0. The summed E-state index contributed by atoms with van der Waals surface area (Å²) in [4.78, 5) is 3.78. The molecule has 0 saturated heterocycles. The summed E-state index contributed by atoms with van der Waals surface area (Å²) in [6.07, 6.45) is 4.77. The molecule has 0 spiro atoms. The molecule has 2 nitrogen and oxygen atoms in total. The Morgan fingerprint density at radius 2 is 2.33 bits per heavy atom. The normalized spacial score (nSPS) is 12.0. The number of ether oxygens (including phenoxy) is 1. The Hall–Kier alpha value is -1.05. The second-order valence-corrected chi connectivity index (χ2v) is 1.56. The molecule has 0 bridgehead atoms. The van der Waals surface area contributed by atoms with Crippen LogP contribution >= 0.6 is 0 Å². The molecule has 50 valence electrons. The van der Waals surface area contributed by atoms with Crippen molar-refractivity contribution in [3.05, 3.63) is 24.6 Å². The van der Waals surface area contributed by atoms with E-state index in [1.165, 1.54) is 6.20 Å². The van der Waals surface area contributed by atoms with Gasteiger partial charge in [-0.1, -0.05) is 6.58 Å². The summed E-state index contributed by atoms with van der Waals surface area (Å²) in [5.41, 5.74) is 0.970. The van der Waals surface area contributed by atoms with Gasteiger partial charge in [-0.25, -0.2) is 0 Å². The average Bonchev–Trinajstić information content (AvgIpc) is 1.85. The molecule has 0 radical (unpaired) electrons. The molecule has 0 heterocycles. The fourth-order valence-electron chi connectivity index (χ4n) is 0.387. The summed E-state index contributed by atoms with van der Waals surface area (Å²) in [6.45, 7) is 5.33. The van der Waals surface area contributed by atoms with Crippen molar-refractivity contribution >= 4 is 6.21 Å². The van der Waals surface area contributed by atoms with E-state index in [0.29, 0.717) is 0 Å². The lowest BCUT2D eigenvalue weighted by Crippen LogP contribution is -1.77. The highest BCUT2D eigenvalue weighted by atomic mass is 16.5. The van der Waals surface area contributed by atoms with Crippen LogP contribution in [0.2, 0.25) is 0 Å². The standard InChI is InChI=1S/C7H11NO/c1-4-8-5-7(2)6-9-3/h4-6H,1H2,2-3H3/b7-6-,8-5-. The zero-order valence-electron chi connectivity index (χ0n) is 5.79. The Morgan fingerprint density at radius 3 is 2.78 bits per heavy atom. The molecule has 0 aliphatic carbocycles. The molecule has 2 heteroatoms. The molecule has 0 N–H and O–H groups in total. The van der Waals surface area contributed by atoms with Crippen molar-refractivity contribution in [3.8, 4) is 0 Å². The molecule has 0 atom stereocenters. The Labute approximate surface area is 55.6 Å². The van der Waals surface area contributed by atoms with Crippen molar-refractivity contribution < 1.29 is 4.74 Å². The van der Waals surface area contributed by atoms with E-state index < -0.39 is 0 Å². The second-order valence-electron chi connectivity index (χ2n) is 1.56. The molecule has 0 unspecified atom stereocenters. The number of methoxy groups -OCH3 is 1. The van der Waals surface area contributed by atoms with Crippen molar-refractivity contribution in [2.45, 2.75) is 6.92 Å². The van der Waals surface area contributed by atoms with Crippen molar-refractivity contribution in [1.29, 1.82) is 0 Å². The van der Waals surface area contributed by atoms with E-state index in [-0.39, 0.29) is 0 Å². The maximum atomic E-state index is 4.71. The van der Waals surface area contributed by atoms with Crippen LogP contribution in [0.3, 0.4) is 0 Å². The maximum Gasteiger partial charge on any atom is 0.0869 e. The lowest BCUT2D eigenvalue weighted by Gasteiger charge is -1.88. The monoisotopic (exact) mass is 125 g/mol. The van der Waals surface area contributed by atoms with E-state index in [1.54, 1.807) is 19.6 Å². The van der Waals surface area contributed by atoms with E-state index in [1.807, 2.05) is 6.92 Å². The Kier molecular flexibility index (Phi) is 4.50. The lowest BCUT2D eigenvalue weighted by molar-refractivity contribution is 0.336. The molecule has 0 aliphatic heterocycles. The summed E-state index contributed by atoms with van der Waals surface area (Å²) >= 11 is 0. The van der Waals surface area contributed by atoms with Gasteiger partial charge in [-0.05, 0) is 6.92 Å². The van der Waals surface area contributed by atoms with Gasteiger partial charge < -0.3 is 4.74 Å². The third-order valence-corrected chi connectivity index (χ3v) is 0.687. The topological polar surface area (TPSA) is 21.6 Å². The average molecular weight is 125 g/mol. The first-order chi connectivity index (χ1) is 4.31. The molecule has 0 rings (SSSR count). The molecule has 0 aromatic carbocycles. The summed E-state index contributed by atoms with van der Waals surface area (Å²) < 4.78 is 4.71. The highest BCUT2D eigenvalue weighted by Crippen LogP contribution is 1.86. The SMILES string of the molecule is C=C/N=C\C(C)=C/OC. The Morgan fingerprint density at radius 1 is 1.67 bits per heavy atom. The molecule has 0 aromatic heterocycles. The number of nitrogens with zero attached hydrogens (tertiary/aromatic N) is 1. The molecule has 0 fully saturated rings. The fourth-order valence-corrected chi connectivity index (χ4v) is 0.387. The predicted molar refractivity (Wildman–Crippen MR) is 39.5 cm³/mol. The highest BCUT2D eigenvalue weighted by molar-refractivity contribution is 5.77. The highest BCUT2D eigenvalue weighted by Gasteiger charge is 1.76. The number of hydrogen-bond donors (Lipinski definition) is 0. The van der Waals surface area contributed by atoms with E-state index in [9.17, 15) is 0 Å². The first-order valence-electron chi connectivity index (χ1n) is 2.65. The van der Waals surface area contributed by atoms with E-state index >= 15 is 0 Å². The van der Waals surface area contributed by atoms with Gasteiger partial charge in [0.2, 0.25) is 0 Å². The van der Waals surface area contributed by atoms with Gasteiger partial charge in [0.1, 0.15) is 0 Å². The molecular weight excluding hydrogens is 114 g/mol. The third kappa shape index (κ3) is 4.81. The number of aliphatic imine (C=N–C) groups is 1. The van der Waals surface area contributed by atoms with Crippen LogP contribution in [0.4, 0.5) is 0 Å². The minimum absolute atomic E-state index is 0.970. The first-order valence-corrected chi connectivity index (χ1v) is 2.65. The number of allylic oxidation sites excluding steroid dienone is 1. The largest absolute Gasteiger partial charge is 0.504 e. The van der Waals surface area contributed by atoms with Crippen LogP contribution in [0, 0.1) is 0 Å². The van der Waals surface area contributed by atoms with Crippen molar-refractivity contribution in [3.63, 3.8) is 0 Å².